The summed E-state index contributed by atoms with van der Waals surface area (Å²) >= 11 is 13.1. The summed E-state index contributed by atoms with van der Waals surface area (Å²) in [7, 11) is 1.79. The van der Waals surface area contributed by atoms with Crippen LogP contribution >= 0.6 is 35.0 Å². The van der Waals surface area contributed by atoms with Gasteiger partial charge in [0.2, 0.25) is 5.91 Å². The van der Waals surface area contributed by atoms with E-state index in [4.69, 9.17) is 23.2 Å². The molecule has 31 heavy (non-hydrogen) atoms. The van der Waals surface area contributed by atoms with Crippen molar-refractivity contribution in [2.75, 3.05) is 11.1 Å². The van der Waals surface area contributed by atoms with Gasteiger partial charge in [0.25, 0.3) is 5.91 Å². The molecule has 2 amide bonds. The van der Waals surface area contributed by atoms with Crippen molar-refractivity contribution in [2.45, 2.75) is 25.0 Å². The van der Waals surface area contributed by atoms with E-state index in [-0.39, 0.29) is 17.6 Å². The number of aromatic nitrogens is 3. The third kappa shape index (κ3) is 6.00. The molecule has 1 aromatic heterocycles. The molecule has 2 aromatic carbocycles. The van der Waals surface area contributed by atoms with Crippen molar-refractivity contribution in [1.82, 2.24) is 20.1 Å². The lowest BCUT2D eigenvalue weighted by molar-refractivity contribution is -0.113. The van der Waals surface area contributed by atoms with Crippen LogP contribution in [-0.2, 0) is 11.8 Å². The average Bonchev–Trinajstić information content (AvgIpc) is 3.10. The van der Waals surface area contributed by atoms with E-state index in [0.717, 1.165) is 11.3 Å². The Hall–Kier alpha value is -2.55. The first-order valence-corrected chi connectivity index (χ1v) is 11.1. The molecule has 162 valence electrons. The van der Waals surface area contributed by atoms with Crippen molar-refractivity contribution < 1.29 is 9.59 Å². The van der Waals surface area contributed by atoms with Gasteiger partial charge in [0.15, 0.2) is 11.0 Å². The number of amides is 2. The molecule has 0 saturated carbocycles. The summed E-state index contributed by atoms with van der Waals surface area (Å²) in [6.45, 7) is 3.79. The minimum absolute atomic E-state index is 0.139. The average molecular weight is 478 g/mol. The van der Waals surface area contributed by atoms with Crippen molar-refractivity contribution in [3.05, 3.63) is 69.5 Å². The van der Waals surface area contributed by atoms with E-state index in [9.17, 15) is 9.59 Å². The zero-order valence-electron chi connectivity index (χ0n) is 17.1. The van der Waals surface area contributed by atoms with Crippen LogP contribution in [0.2, 0.25) is 10.0 Å². The number of carbonyl (C=O) groups excluding carboxylic acids is 2. The van der Waals surface area contributed by atoms with Gasteiger partial charge in [-0.15, -0.1) is 10.2 Å². The molecule has 0 saturated heterocycles. The molecule has 0 aliphatic carbocycles. The first kappa shape index (κ1) is 23.1. The van der Waals surface area contributed by atoms with Crippen LogP contribution in [-0.4, -0.2) is 32.3 Å². The molecule has 0 aliphatic rings. The van der Waals surface area contributed by atoms with Gasteiger partial charge in [0.1, 0.15) is 0 Å². The van der Waals surface area contributed by atoms with Crippen LogP contribution < -0.4 is 10.6 Å². The van der Waals surface area contributed by atoms with Crippen LogP contribution in [0.5, 0.6) is 0 Å². The molecule has 10 heteroatoms. The van der Waals surface area contributed by atoms with E-state index in [0.29, 0.717) is 26.6 Å². The van der Waals surface area contributed by atoms with Crippen molar-refractivity contribution >= 4 is 52.5 Å². The molecule has 0 fully saturated rings. The predicted molar refractivity (Wildman–Crippen MR) is 124 cm³/mol. The summed E-state index contributed by atoms with van der Waals surface area (Å²) in [4.78, 5) is 24.7. The number of thioether (sulfide) groups is 1. The number of hydrogen-bond donors (Lipinski definition) is 2. The zero-order valence-corrected chi connectivity index (χ0v) is 19.5. The Morgan fingerprint density at radius 1 is 1.10 bits per heavy atom. The smallest absolute Gasteiger partial charge is 0.251 e. The Morgan fingerprint density at radius 2 is 1.81 bits per heavy atom. The lowest BCUT2D eigenvalue weighted by Gasteiger charge is -2.14. The van der Waals surface area contributed by atoms with Crippen molar-refractivity contribution in [2.24, 2.45) is 7.05 Å². The number of halogens is 2. The van der Waals surface area contributed by atoms with Gasteiger partial charge in [-0.25, -0.2) is 0 Å². The van der Waals surface area contributed by atoms with Gasteiger partial charge < -0.3 is 15.2 Å². The standard InChI is InChI=1S/C21H21Cl2N5O2S/c1-12-4-7-15(8-5-12)25-18(29)11-31-21-27-26-19(28(21)3)13(2)24-20(30)14-6-9-16(22)17(23)10-14/h4-10,13H,11H2,1-3H3,(H,24,30)(H,25,29)/t13-/m1/s1. The molecule has 3 aromatic rings. The Labute approximate surface area is 194 Å². The van der Waals surface area contributed by atoms with Gasteiger partial charge in [-0.05, 0) is 44.2 Å². The van der Waals surface area contributed by atoms with E-state index < -0.39 is 6.04 Å². The number of nitrogens with one attached hydrogen (secondary N) is 2. The number of aryl methyl sites for hydroxylation is 1. The maximum Gasteiger partial charge on any atom is 0.251 e. The topological polar surface area (TPSA) is 88.9 Å². The van der Waals surface area contributed by atoms with Crippen LogP contribution in [0.3, 0.4) is 0 Å². The Balaban J connectivity index is 1.58. The van der Waals surface area contributed by atoms with Crippen LogP contribution in [0, 0.1) is 6.92 Å². The minimum Gasteiger partial charge on any atom is -0.342 e. The highest BCUT2D eigenvalue weighted by Gasteiger charge is 2.19. The van der Waals surface area contributed by atoms with Crippen LogP contribution in [0.15, 0.2) is 47.6 Å². The fourth-order valence-electron chi connectivity index (χ4n) is 2.77. The van der Waals surface area contributed by atoms with Gasteiger partial charge in [-0.3, -0.25) is 9.59 Å². The molecule has 0 bridgehead atoms. The van der Waals surface area contributed by atoms with E-state index in [2.05, 4.69) is 20.8 Å². The summed E-state index contributed by atoms with van der Waals surface area (Å²) < 4.78 is 1.75. The van der Waals surface area contributed by atoms with Crippen LogP contribution in [0.25, 0.3) is 0 Å². The zero-order chi connectivity index (χ0) is 22.5. The maximum absolute atomic E-state index is 12.5. The van der Waals surface area contributed by atoms with Gasteiger partial charge >= 0.3 is 0 Å². The van der Waals surface area contributed by atoms with Crippen LogP contribution in [0.1, 0.15) is 34.7 Å². The Morgan fingerprint density at radius 3 is 2.48 bits per heavy atom. The number of rotatable bonds is 7. The Bertz CT molecular complexity index is 1100. The summed E-state index contributed by atoms with van der Waals surface area (Å²) in [5.41, 5.74) is 2.26. The third-order valence-corrected chi connectivity index (χ3v) is 6.21. The van der Waals surface area contributed by atoms with Crippen molar-refractivity contribution in [1.29, 1.82) is 0 Å². The maximum atomic E-state index is 12.5. The SMILES string of the molecule is Cc1ccc(NC(=O)CSc2nnc([C@@H](C)NC(=O)c3ccc(Cl)c(Cl)c3)n2C)cc1. The first-order valence-electron chi connectivity index (χ1n) is 9.39. The molecule has 1 heterocycles. The number of anilines is 1. The van der Waals surface area contributed by atoms with E-state index in [1.807, 2.05) is 31.2 Å². The molecule has 0 spiro atoms. The highest BCUT2D eigenvalue weighted by molar-refractivity contribution is 7.99. The number of benzene rings is 2. The summed E-state index contributed by atoms with van der Waals surface area (Å²) in [5.74, 6) is 0.305. The molecule has 3 rings (SSSR count). The second-order valence-corrected chi connectivity index (χ2v) is 8.68. The van der Waals surface area contributed by atoms with Gasteiger partial charge in [-0.1, -0.05) is 52.7 Å². The van der Waals surface area contributed by atoms with Crippen molar-refractivity contribution in [3.8, 4) is 0 Å². The van der Waals surface area contributed by atoms with Crippen LogP contribution in [0.4, 0.5) is 5.69 Å². The second kappa shape index (κ2) is 10.2. The molecule has 0 aliphatic heterocycles. The molecule has 2 N–H and O–H groups in total. The number of carbonyl (C=O) groups is 2. The second-order valence-electron chi connectivity index (χ2n) is 6.93. The monoisotopic (exact) mass is 477 g/mol. The van der Waals surface area contributed by atoms with E-state index in [1.165, 1.54) is 17.8 Å². The number of nitrogens with zero attached hydrogens (tertiary/aromatic N) is 3. The summed E-state index contributed by atoms with van der Waals surface area (Å²) in [6, 6.07) is 11.9. The third-order valence-electron chi connectivity index (χ3n) is 4.45. The molecule has 1 atom stereocenters. The minimum atomic E-state index is -0.407. The lowest BCUT2D eigenvalue weighted by atomic mass is 10.2. The van der Waals surface area contributed by atoms with Gasteiger partial charge in [-0.2, -0.15) is 0 Å². The number of hydrogen-bond acceptors (Lipinski definition) is 5. The van der Waals surface area contributed by atoms with E-state index in [1.54, 1.807) is 30.7 Å². The molecule has 7 nitrogen and oxygen atoms in total. The molecule has 0 radical (unpaired) electrons. The van der Waals surface area contributed by atoms with Crippen molar-refractivity contribution in [3.63, 3.8) is 0 Å². The lowest BCUT2D eigenvalue weighted by Crippen LogP contribution is -2.28. The molecular formula is C21H21Cl2N5O2S. The normalized spacial score (nSPS) is 11.8. The highest BCUT2D eigenvalue weighted by Crippen LogP contribution is 2.23. The molecular weight excluding hydrogens is 457 g/mol. The van der Waals surface area contributed by atoms with E-state index >= 15 is 0 Å². The summed E-state index contributed by atoms with van der Waals surface area (Å²) in [5, 5.41) is 15.3. The predicted octanol–water partition coefficient (Wildman–Crippen LogP) is 4.65. The largest absolute Gasteiger partial charge is 0.342 e. The molecule has 0 unspecified atom stereocenters. The Kier molecular flexibility index (Phi) is 7.59. The summed E-state index contributed by atoms with van der Waals surface area (Å²) in [6.07, 6.45) is 0. The van der Waals surface area contributed by atoms with Gasteiger partial charge in [0.05, 0.1) is 21.8 Å². The first-order chi connectivity index (χ1) is 14.7. The fraction of sp³-hybridized carbons (Fsp3) is 0.238. The van der Waals surface area contributed by atoms with Gasteiger partial charge in [0, 0.05) is 18.3 Å². The quantitative estimate of drug-likeness (QED) is 0.483. The highest BCUT2D eigenvalue weighted by atomic mass is 35.5. The fourth-order valence-corrected chi connectivity index (χ4v) is 3.79.